The van der Waals surface area contributed by atoms with Gasteiger partial charge in [0, 0.05) is 23.5 Å². The van der Waals surface area contributed by atoms with Gasteiger partial charge in [-0.05, 0) is 53.6 Å². The molecule has 0 spiro atoms. The van der Waals surface area contributed by atoms with E-state index < -0.39 is 0 Å². The summed E-state index contributed by atoms with van der Waals surface area (Å²) in [5, 5.41) is 4.88. The van der Waals surface area contributed by atoms with Gasteiger partial charge in [0.05, 0.1) is 10.7 Å². The minimum atomic E-state index is 0.411. The highest BCUT2D eigenvalue weighted by atomic mass is 32.1. The number of likely N-dealkylation sites (tertiary alicyclic amines) is 1. The fourth-order valence-electron chi connectivity index (χ4n) is 2.86. The van der Waals surface area contributed by atoms with Crippen molar-refractivity contribution in [3.8, 4) is 0 Å². The zero-order valence-electron chi connectivity index (χ0n) is 12.0. The molecule has 4 heteroatoms. The maximum Gasteiger partial charge on any atom is 0.0900 e. The molecule has 1 aromatic heterocycles. The fourth-order valence-corrected chi connectivity index (χ4v) is 3.80. The Kier molecular flexibility index (Phi) is 4.76. The van der Waals surface area contributed by atoms with Gasteiger partial charge in [-0.15, -0.1) is 11.3 Å². The van der Waals surface area contributed by atoms with Crippen molar-refractivity contribution < 1.29 is 0 Å². The molecule has 2 rings (SSSR count). The molecule has 1 aliphatic rings. The summed E-state index contributed by atoms with van der Waals surface area (Å²) in [6.07, 6.45) is 2.74. The van der Waals surface area contributed by atoms with Crippen LogP contribution < -0.4 is 5.32 Å². The predicted molar refractivity (Wildman–Crippen MR) is 78.3 cm³/mol. The number of hydrogen-bond donors (Lipinski definition) is 1. The van der Waals surface area contributed by atoms with E-state index in [2.05, 4.69) is 42.9 Å². The Bertz CT molecular complexity index is 382. The number of nitrogens with one attached hydrogen (secondary N) is 1. The number of hydrogen-bond acceptors (Lipinski definition) is 4. The first-order chi connectivity index (χ1) is 8.56. The second kappa shape index (κ2) is 6.13. The van der Waals surface area contributed by atoms with Gasteiger partial charge in [-0.1, -0.05) is 0 Å². The zero-order valence-corrected chi connectivity index (χ0v) is 12.8. The minimum Gasteiger partial charge on any atom is -0.306 e. The molecule has 2 atom stereocenters. The quantitative estimate of drug-likeness (QED) is 0.889. The van der Waals surface area contributed by atoms with Crippen LogP contribution in [0.2, 0.25) is 0 Å². The molecule has 1 saturated heterocycles. The Morgan fingerprint density at radius 3 is 2.50 bits per heavy atom. The molecule has 2 unspecified atom stereocenters. The fraction of sp³-hybridized carbons (Fsp3) is 0.786. The van der Waals surface area contributed by atoms with Crippen LogP contribution in [-0.4, -0.2) is 35.6 Å². The first kappa shape index (κ1) is 14.0. The lowest BCUT2D eigenvalue weighted by molar-refractivity contribution is 0.289. The largest absolute Gasteiger partial charge is 0.306 e. The van der Waals surface area contributed by atoms with Gasteiger partial charge in [-0.2, -0.15) is 0 Å². The molecule has 1 aromatic rings. The molecule has 0 radical (unpaired) electrons. The average molecular weight is 267 g/mol. The van der Waals surface area contributed by atoms with Gasteiger partial charge >= 0.3 is 0 Å². The lowest BCUT2D eigenvalue weighted by Gasteiger charge is -2.24. The Hall–Kier alpha value is -0.450. The van der Waals surface area contributed by atoms with E-state index in [9.17, 15) is 0 Å². The Morgan fingerprint density at radius 2 is 1.94 bits per heavy atom. The molecule has 0 aromatic carbocycles. The third-order valence-corrected chi connectivity index (χ3v) is 4.85. The minimum absolute atomic E-state index is 0.411. The van der Waals surface area contributed by atoms with Crippen molar-refractivity contribution in [1.29, 1.82) is 0 Å². The molecular weight excluding hydrogens is 242 g/mol. The summed E-state index contributed by atoms with van der Waals surface area (Å²) >= 11 is 1.82. The van der Waals surface area contributed by atoms with Crippen molar-refractivity contribution in [2.24, 2.45) is 0 Å². The summed E-state index contributed by atoms with van der Waals surface area (Å²) in [6, 6.07) is 0.953. The Labute approximate surface area is 115 Å². The molecule has 0 amide bonds. The highest BCUT2D eigenvalue weighted by Crippen LogP contribution is 2.24. The van der Waals surface area contributed by atoms with E-state index in [1.807, 2.05) is 11.3 Å². The van der Waals surface area contributed by atoms with Gasteiger partial charge in [0.1, 0.15) is 0 Å². The monoisotopic (exact) mass is 267 g/mol. The van der Waals surface area contributed by atoms with Crippen molar-refractivity contribution >= 4 is 11.3 Å². The summed E-state index contributed by atoms with van der Waals surface area (Å²) in [7, 11) is 0. The molecule has 18 heavy (non-hydrogen) atoms. The van der Waals surface area contributed by atoms with Gasteiger partial charge in [0.25, 0.3) is 0 Å². The van der Waals surface area contributed by atoms with Gasteiger partial charge < -0.3 is 10.2 Å². The van der Waals surface area contributed by atoms with Crippen molar-refractivity contribution in [2.45, 2.75) is 52.6 Å². The maximum absolute atomic E-state index is 4.51. The summed E-state index contributed by atoms with van der Waals surface area (Å²) in [4.78, 5) is 8.47. The lowest BCUT2D eigenvalue weighted by atomic mass is 10.2. The van der Waals surface area contributed by atoms with Crippen LogP contribution in [0.25, 0.3) is 0 Å². The third kappa shape index (κ3) is 3.53. The second-order valence-electron chi connectivity index (χ2n) is 5.48. The maximum atomic E-state index is 4.51. The van der Waals surface area contributed by atoms with E-state index in [4.69, 9.17) is 0 Å². The van der Waals surface area contributed by atoms with Crippen LogP contribution in [0.3, 0.4) is 0 Å². The SMILES string of the molecule is Cc1nc(C)c(C(C)NC(C)CN2CCCC2)s1. The van der Waals surface area contributed by atoms with E-state index in [0.29, 0.717) is 12.1 Å². The molecule has 2 heterocycles. The van der Waals surface area contributed by atoms with Gasteiger partial charge in [-0.25, -0.2) is 4.98 Å². The summed E-state index contributed by atoms with van der Waals surface area (Å²) in [6.45, 7) is 12.5. The lowest BCUT2D eigenvalue weighted by Crippen LogP contribution is -2.39. The van der Waals surface area contributed by atoms with E-state index in [-0.39, 0.29) is 0 Å². The van der Waals surface area contributed by atoms with Crippen LogP contribution in [-0.2, 0) is 0 Å². The van der Waals surface area contributed by atoms with Crippen LogP contribution in [0, 0.1) is 13.8 Å². The number of aryl methyl sites for hydroxylation is 2. The van der Waals surface area contributed by atoms with Gasteiger partial charge in [-0.3, -0.25) is 0 Å². The smallest absolute Gasteiger partial charge is 0.0900 e. The number of rotatable bonds is 5. The third-order valence-electron chi connectivity index (χ3n) is 3.60. The van der Waals surface area contributed by atoms with E-state index in [1.54, 1.807) is 0 Å². The molecule has 3 nitrogen and oxygen atoms in total. The Balaban J connectivity index is 1.86. The van der Waals surface area contributed by atoms with Crippen molar-refractivity contribution in [3.63, 3.8) is 0 Å². The molecule has 0 saturated carbocycles. The highest BCUT2D eigenvalue weighted by Gasteiger charge is 2.18. The number of thiazole rings is 1. The van der Waals surface area contributed by atoms with Crippen LogP contribution in [0.5, 0.6) is 0 Å². The summed E-state index contributed by atoms with van der Waals surface area (Å²) < 4.78 is 0. The van der Waals surface area contributed by atoms with E-state index >= 15 is 0 Å². The normalized spacial score (nSPS) is 20.2. The summed E-state index contributed by atoms with van der Waals surface area (Å²) in [5.41, 5.74) is 1.19. The van der Waals surface area contributed by atoms with E-state index in [1.165, 1.54) is 48.1 Å². The van der Waals surface area contributed by atoms with Crippen LogP contribution >= 0.6 is 11.3 Å². The van der Waals surface area contributed by atoms with Gasteiger partial charge in [0.2, 0.25) is 0 Å². The predicted octanol–water partition coefficient (Wildman–Crippen LogP) is 2.89. The number of aromatic nitrogens is 1. The Morgan fingerprint density at radius 1 is 1.28 bits per heavy atom. The molecule has 1 fully saturated rings. The molecule has 1 aliphatic heterocycles. The van der Waals surface area contributed by atoms with Gasteiger partial charge in [0.15, 0.2) is 0 Å². The first-order valence-corrected chi connectivity index (χ1v) is 7.80. The highest BCUT2D eigenvalue weighted by molar-refractivity contribution is 7.11. The average Bonchev–Trinajstić information content (AvgIpc) is 2.88. The molecule has 0 aliphatic carbocycles. The summed E-state index contributed by atoms with van der Waals surface area (Å²) in [5.74, 6) is 0. The molecule has 0 bridgehead atoms. The van der Waals surface area contributed by atoms with Crippen LogP contribution in [0.15, 0.2) is 0 Å². The van der Waals surface area contributed by atoms with Crippen molar-refractivity contribution in [1.82, 2.24) is 15.2 Å². The van der Waals surface area contributed by atoms with Crippen molar-refractivity contribution in [2.75, 3.05) is 19.6 Å². The van der Waals surface area contributed by atoms with Crippen LogP contribution in [0.1, 0.15) is 48.3 Å². The molecular formula is C14H25N3S. The first-order valence-electron chi connectivity index (χ1n) is 6.98. The molecule has 102 valence electrons. The zero-order chi connectivity index (χ0) is 13.1. The topological polar surface area (TPSA) is 28.2 Å². The van der Waals surface area contributed by atoms with E-state index in [0.717, 1.165) is 0 Å². The standard InChI is InChI=1S/C14H25N3S/c1-10(9-17-7-5-6-8-17)15-11(2)14-12(3)16-13(4)18-14/h10-11,15H,5-9H2,1-4H3. The molecule has 1 N–H and O–H groups in total. The number of nitrogens with zero attached hydrogens (tertiary/aromatic N) is 2. The van der Waals surface area contributed by atoms with Crippen molar-refractivity contribution in [3.05, 3.63) is 15.6 Å². The van der Waals surface area contributed by atoms with Crippen LogP contribution in [0.4, 0.5) is 0 Å². The second-order valence-corrected chi connectivity index (χ2v) is 6.71.